The average Bonchev–Trinajstić information content (AvgIpc) is 2.20. The summed E-state index contributed by atoms with van der Waals surface area (Å²) in [5.41, 5.74) is -0.966. The first-order chi connectivity index (χ1) is 6.28. The minimum Gasteiger partial charge on any atom is -0.329 e. The topological polar surface area (TPSA) is 66.9 Å². The van der Waals surface area contributed by atoms with Gasteiger partial charge in [-0.3, -0.25) is 4.79 Å². The molecular formula is C8H12N2O4. The Morgan fingerprint density at radius 2 is 1.86 bits per heavy atom. The van der Waals surface area contributed by atoms with E-state index in [4.69, 9.17) is 0 Å². The molecule has 1 fully saturated rings. The van der Waals surface area contributed by atoms with Gasteiger partial charge in [0.05, 0.1) is 0 Å². The minimum atomic E-state index is -0.966. The first-order valence-corrected chi connectivity index (χ1v) is 4.09. The van der Waals surface area contributed by atoms with Crippen LogP contribution in [0.2, 0.25) is 0 Å². The Labute approximate surface area is 81.4 Å². The Bertz CT molecular complexity index is 310. The quantitative estimate of drug-likeness (QED) is 0.564. The molecule has 0 saturated carbocycles. The van der Waals surface area contributed by atoms with Crippen LogP contribution in [-0.4, -0.2) is 40.5 Å². The van der Waals surface area contributed by atoms with Crippen molar-refractivity contribution in [1.29, 1.82) is 0 Å². The van der Waals surface area contributed by atoms with E-state index in [-0.39, 0.29) is 0 Å². The van der Waals surface area contributed by atoms with Gasteiger partial charge in [-0.25, -0.2) is 9.59 Å². The SMILES string of the molecule is CC(=O)ON1C(=O)N(C)C(C)(C)C1=O. The largest absolute Gasteiger partial charge is 0.361 e. The number of carbonyl (C=O) groups is 3. The van der Waals surface area contributed by atoms with Gasteiger partial charge in [0.1, 0.15) is 5.54 Å². The molecule has 1 heterocycles. The molecule has 1 aliphatic heterocycles. The van der Waals surface area contributed by atoms with E-state index in [1.807, 2.05) is 0 Å². The third kappa shape index (κ3) is 1.32. The summed E-state index contributed by atoms with van der Waals surface area (Å²) in [5, 5.41) is 0.488. The molecule has 0 aliphatic carbocycles. The Morgan fingerprint density at radius 1 is 1.36 bits per heavy atom. The van der Waals surface area contributed by atoms with E-state index in [0.29, 0.717) is 5.06 Å². The number of hydroxylamine groups is 2. The lowest BCUT2D eigenvalue weighted by molar-refractivity contribution is -0.181. The molecule has 1 rings (SSSR count). The fourth-order valence-corrected chi connectivity index (χ4v) is 1.06. The molecule has 0 aromatic heterocycles. The molecule has 6 nitrogen and oxygen atoms in total. The van der Waals surface area contributed by atoms with E-state index >= 15 is 0 Å². The number of likely N-dealkylation sites (N-methyl/N-ethyl adjacent to an activating group) is 1. The fraction of sp³-hybridized carbons (Fsp3) is 0.625. The maximum absolute atomic E-state index is 11.6. The summed E-state index contributed by atoms with van der Waals surface area (Å²) in [6.45, 7) is 4.29. The zero-order valence-electron chi connectivity index (χ0n) is 8.53. The van der Waals surface area contributed by atoms with E-state index in [1.54, 1.807) is 13.8 Å². The van der Waals surface area contributed by atoms with Crippen molar-refractivity contribution >= 4 is 17.9 Å². The predicted molar refractivity (Wildman–Crippen MR) is 45.9 cm³/mol. The smallest absolute Gasteiger partial charge is 0.329 e. The van der Waals surface area contributed by atoms with E-state index < -0.39 is 23.4 Å². The van der Waals surface area contributed by atoms with Crippen molar-refractivity contribution in [2.75, 3.05) is 7.05 Å². The van der Waals surface area contributed by atoms with E-state index in [0.717, 1.165) is 6.92 Å². The zero-order valence-corrected chi connectivity index (χ0v) is 8.53. The van der Waals surface area contributed by atoms with Crippen LogP contribution < -0.4 is 0 Å². The Hall–Kier alpha value is -1.59. The Morgan fingerprint density at radius 3 is 2.14 bits per heavy atom. The van der Waals surface area contributed by atoms with Crippen LogP contribution in [0.1, 0.15) is 20.8 Å². The van der Waals surface area contributed by atoms with E-state index in [1.165, 1.54) is 11.9 Å². The molecule has 0 N–H and O–H groups in total. The zero-order chi connectivity index (χ0) is 11.1. The van der Waals surface area contributed by atoms with Crippen LogP contribution >= 0.6 is 0 Å². The normalized spacial score (nSPS) is 20.3. The van der Waals surface area contributed by atoms with Crippen molar-refractivity contribution in [3.05, 3.63) is 0 Å². The van der Waals surface area contributed by atoms with Gasteiger partial charge in [0, 0.05) is 14.0 Å². The number of hydrogen-bond donors (Lipinski definition) is 0. The molecule has 14 heavy (non-hydrogen) atoms. The monoisotopic (exact) mass is 200 g/mol. The third-order valence-corrected chi connectivity index (χ3v) is 2.23. The number of rotatable bonds is 1. The highest BCUT2D eigenvalue weighted by Gasteiger charge is 2.51. The van der Waals surface area contributed by atoms with Crippen molar-refractivity contribution in [2.45, 2.75) is 26.3 Å². The molecule has 6 heteroatoms. The lowest BCUT2D eigenvalue weighted by atomic mass is 10.1. The number of amides is 3. The van der Waals surface area contributed by atoms with Crippen molar-refractivity contribution in [3.8, 4) is 0 Å². The van der Waals surface area contributed by atoms with Gasteiger partial charge in [0.2, 0.25) is 0 Å². The Kier molecular flexibility index (Phi) is 2.22. The van der Waals surface area contributed by atoms with Crippen LogP contribution in [0, 0.1) is 0 Å². The number of imide groups is 1. The Balaban J connectivity index is 2.96. The highest BCUT2D eigenvalue weighted by Crippen LogP contribution is 2.25. The molecule has 0 unspecified atom stereocenters. The van der Waals surface area contributed by atoms with Gasteiger partial charge in [-0.05, 0) is 13.8 Å². The third-order valence-electron chi connectivity index (χ3n) is 2.23. The summed E-state index contributed by atoms with van der Waals surface area (Å²) < 4.78 is 0. The summed E-state index contributed by atoms with van der Waals surface area (Å²) >= 11 is 0. The molecule has 0 atom stereocenters. The first-order valence-electron chi connectivity index (χ1n) is 4.09. The highest BCUT2D eigenvalue weighted by atomic mass is 16.7. The maximum atomic E-state index is 11.6. The standard InChI is InChI=1S/C8H12N2O4/c1-5(11)14-10-6(12)8(2,3)9(4)7(10)13/h1-4H3. The van der Waals surface area contributed by atoms with Gasteiger partial charge in [-0.15, -0.1) is 0 Å². The predicted octanol–water partition coefficient (Wildman–Crippen LogP) is 0.137. The van der Waals surface area contributed by atoms with Crippen LogP contribution in [0.5, 0.6) is 0 Å². The second-order valence-electron chi connectivity index (χ2n) is 3.58. The van der Waals surface area contributed by atoms with Crippen LogP contribution in [0.3, 0.4) is 0 Å². The lowest BCUT2D eigenvalue weighted by Gasteiger charge is -2.21. The van der Waals surface area contributed by atoms with Gasteiger partial charge in [0.25, 0.3) is 5.91 Å². The summed E-state index contributed by atoms with van der Waals surface area (Å²) in [4.78, 5) is 39.3. The van der Waals surface area contributed by atoms with Crippen molar-refractivity contribution in [1.82, 2.24) is 9.96 Å². The molecule has 0 bridgehead atoms. The second kappa shape index (κ2) is 2.97. The summed E-state index contributed by atoms with van der Waals surface area (Å²) in [7, 11) is 1.48. The van der Waals surface area contributed by atoms with Crippen molar-refractivity contribution in [3.63, 3.8) is 0 Å². The number of hydrogen-bond acceptors (Lipinski definition) is 4. The maximum Gasteiger partial charge on any atom is 0.361 e. The molecule has 0 aromatic carbocycles. The number of nitrogens with zero attached hydrogens (tertiary/aromatic N) is 2. The number of urea groups is 1. The van der Waals surface area contributed by atoms with Gasteiger partial charge < -0.3 is 9.74 Å². The van der Waals surface area contributed by atoms with Crippen LogP contribution in [-0.2, 0) is 14.4 Å². The molecule has 3 amide bonds. The molecule has 0 radical (unpaired) electrons. The van der Waals surface area contributed by atoms with E-state index in [9.17, 15) is 14.4 Å². The molecule has 0 spiro atoms. The van der Waals surface area contributed by atoms with Crippen molar-refractivity contribution in [2.24, 2.45) is 0 Å². The first kappa shape index (κ1) is 10.5. The van der Waals surface area contributed by atoms with Crippen molar-refractivity contribution < 1.29 is 19.2 Å². The highest BCUT2D eigenvalue weighted by molar-refractivity contribution is 6.05. The lowest BCUT2D eigenvalue weighted by Crippen LogP contribution is -2.41. The van der Waals surface area contributed by atoms with Crippen LogP contribution in [0.15, 0.2) is 0 Å². The number of carbonyl (C=O) groups excluding carboxylic acids is 3. The van der Waals surface area contributed by atoms with Gasteiger partial charge in [-0.1, -0.05) is 5.06 Å². The van der Waals surface area contributed by atoms with Gasteiger partial charge in [-0.2, -0.15) is 0 Å². The minimum absolute atomic E-state index is 0.488. The molecule has 78 valence electrons. The molecule has 1 saturated heterocycles. The summed E-state index contributed by atoms with van der Waals surface area (Å²) in [6.07, 6.45) is 0. The molecule has 0 aromatic rings. The van der Waals surface area contributed by atoms with Gasteiger partial charge in [0.15, 0.2) is 0 Å². The molecular weight excluding hydrogens is 188 g/mol. The average molecular weight is 200 g/mol. The summed E-state index contributed by atoms with van der Waals surface area (Å²) in [6, 6.07) is -0.629. The van der Waals surface area contributed by atoms with E-state index in [2.05, 4.69) is 4.84 Å². The summed E-state index contributed by atoms with van der Waals surface area (Å²) in [5.74, 6) is -1.24. The fourth-order valence-electron chi connectivity index (χ4n) is 1.06. The van der Waals surface area contributed by atoms with Gasteiger partial charge >= 0.3 is 12.0 Å². The molecule has 1 aliphatic rings. The second-order valence-corrected chi connectivity index (χ2v) is 3.58. The van der Waals surface area contributed by atoms with Crippen LogP contribution in [0.25, 0.3) is 0 Å². The van der Waals surface area contributed by atoms with Crippen LogP contribution in [0.4, 0.5) is 4.79 Å².